The van der Waals surface area contributed by atoms with Gasteiger partial charge in [0.25, 0.3) is 0 Å². The van der Waals surface area contributed by atoms with Crippen LogP contribution >= 0.6 is 0 Å². The summed E-state index contributed by atoms with van der Waals surface area (Å²) in [4.78, 5) is 11.9. The predicted octanol–water partition coefficient (Wildman–Crippen LogP) is 2.34. The van der Waals surface area contributed by atoms with Crippen LogP contribution in [0.1, 0.15) is 31.2 Å². The first-order valence-electron chi connectivity index (χ1n) is 7.56. The fraction of sp³-hybridized carbons (Fsp3) is 0.562. The van der Waals surface area contributed by atoms with Gasteiger partial charge in [-0.1, -0.05) is 12.1 Å². The first-order chi connectivity index (χ1) is 10.2. The van der Waals surface area contributed by atoms with Crippen LogP contribution in [0.2, 0.25) is 0 Å². The molecule has 1 saturated carbocycles. The van der Waals surface area contributed by atoms with Gasteiger partial charge in [-0.15, -0.1) is 0 Å². The van der Waals surface area contributed by atoms with Crippen molar-refractivity contribution in [2.45, 2.75) is 37.1 Å². The Morgan fingerprint density at radius 3 is 2.52 bits per heavy atom. The lowest BCUT2D eigenvalue weighted by atomic mass is 9.96. The smallest absolute Gasteiger partial charge is 0.315 e. The molecule has 0 bridgehead atoms. The van der Waals surface area contributed by atoms with Crippen LogP contribution < -0.4 is 10.6 Å². The molecule has 0 unspecified atom stereocenters. The highest BCUT2D eigenvalue weighted by Crippen LogP contribution is 2.47. The van der Waals surface area contributed by atoms with E-state index in [-0.39, 0.29) is 23.3 Å². The Labute approximate surface area is 124 Å². The second-order valence-corrected chi connectivity index (χ2v) is 6.00. The van der Waals surface area contributed by atoms with E-state index >= 15 is 0 Å². The molecule has 2 aliphatic rings. The van der Waals surface area contributed by atoms with E-state index < -0.39 is 0 Å². The molecule has 5 heteroatoms. The molecule has 1 saturated heterocycles. The molecule has 3 rings (SSSR count). The van der Waals surface area contributed by atoms with E-state index in [0.717, 1.165) is 31.2 Å². The minimum absolute atomic E-state index is 0.000710. The van der Waals surface area contributed by atoms with Crippen LogP contribution in [-0.2, 0) is 10.2 Å². The van der Waals surface area contributed by atoms with E-state index in [9.17, 15) is 9.18 Å². The first-order valence-corrected chi connectivity index (χ1v) is 7.56. The molecule has 0 radical (unpaired) electrons. The van der Waals surface area contributed by atoms with Crippen LogP contribution in [-0.4, -0.2) is 31.8 Å². The number of amides is 2. The molecule has 4 nitrogen and oxygen atoms in total. The van der Waals surface area contributed by atoms with Gasteiger partial charge in [0.1, 0.15) is 5.82 Å². The number of urea groups is 1. The van der Waals surface area contributed by atoms with Crippen LogP contribution in [0.15, 0.2) is 24.3 Å². The number of benzene rings is 1. The molecule has 114 valence electrons. The Bertz CT molecular complexity index is 494. The summed E-state index contributed by atoms with van der Waals surface area (Å²) in [5, 5.41) is 5.95. The zero-order valence-electron chi connectivity index (χ0n) is 12.0. The van der Waals surface area contributed by atoms with E-state index in [4.69, 9.17) is 4.74 Å². The molecule has 2 N–H and O–H groups in total. The van der Waals surface area contributed by atoms with E-state index in [1.165, 1.54) is 12.1 Å². The summed E-state index contributed by atoms with van der Waals surface area (Å²) in [6.07, 6.45) is 3.82. The van der Waals surface area contributed by atoms with Crippen LogP contribution in [0.4, 0.5) is 9.18 Å². The zero-order chi connectivity index (χ0) is 14.7. The fourth-order valence-electron chi connectivity index (χ4n) is 2.85. The van der Waals surface area contributed by atoms with Crippen molar-refractivity contribution < 1.29 is 13.9 Å². The molecule has 0 aromatic heterocycles. The normalized spacial score (nSPS) is 20.8. The maximum atomic E-state index is 13.0. The van der Waals surface area contributed by atoms with Crippen LogP contribution in [0.25, 0.3) is 0 Å². The summed E-state index contributed by atoms with van der Waals surface area (Å²) in [5.74, 6) is -0.222. The molecular weight excluding hydrogens is 271 g/mol. The maximum Gasteiger partial charge on any atom is 0.315 e. The van der Waals surface area contributed by atoms with Gasteiger partial charge in [0.2, 0.25) is 0 Å². The molecule has 2 fully saturated rings. The Morgan fingerprint density at radius 1 is 1.24 bits per heavy atom. The quantitative estimate of drug-likeness (QED) is 0.895. The highest BCUT2D eigenvalue weighted by molar-refractivity contribution is 5.74. The standard InChI is InChI=1S/C16H21FN2O2/c17-13-3-1-12(2-4-13)16(7-8-16)11-18-15(20)19-14-5-9-21-10-6-14/h1-4,14H,5-11H2,(H2,18,19,20). The SMILES string of the molecule is O=C(NCC1(c2ccc(F)cc2)CC1)NC1CCOCC1. The third kappa shape index (κ3) is 3.53. The number of hydrogen-bond donors (Lipinski definition) is 2. The number of ether oxygens (including phenoxy) is 1. The second-order valence-electron chi connectivity index (χ2n) is 6.00. The van der Waals surface area contributed by atoms with Crippen molar-refractivity contribution >= 4 is 6.03 Å². The van der Waals surface area contributed by atoms with Crippen molar-refractivity contribution in [1.29, 1.82) is 0 Å². The lowest BCUT2D eigenvalue weighted by molar-refractivity contribution is 0.0800. The highest BCUT2D eigenvalue weighted by Gasteiger charge is 2.44. The van der Waals surface area contributed by atoms with Crippen LogP contribution in [0, 0.1) is 5.82 Å². The molecule has 1 aromatic carbocycles. The molecule has 0 atom stereocenters. The van der Waals surface area contributed by atoms with Gasteiger partial charge in [0.05, 0.1) is 0 Å². The monoisotopic (exact) mass is 292 g/mol. The lowest BCUT2D eigenvalue weighted by Crippen LogP contribution is -2.46. The van der Waals surface area contributed by atoms with E-state index in [2.05, 4.69) is 10.6 Å². The number of carbonyl (C=O) groups is 1. The third-order valence-electron chi connectivity index (χ3n) is 4.45. The molecule has 2 amide bonds. The fourth-order valence-corrected chi connectivity index (χ4v) is 2.85. The van der Waals surface area contributed by atoms with Crippen molar-refractivity contribution in [2.24, 2.45) is 0 Å². The van der Waals surface area contributed by atoms with E-state index in [1.807, 2.05) is 12.1 Å². The van der Waals surface area contributed by atoms with Crippen molar-refractivity contribution in [1.82, 2.24) is 10.6 Å². The number of carbonyl (C=O) groups excluding carboxylic acids is 1. The van der Waals surface area contributed by atoms with Crippen LogP contribution in [0.3, 0.4) is 0 Å². The lowest BCUT2D eigenvalue weighted by Gasteiger charge is -2.24. The Morgan fingerprint density at radius 2 is 1.90 bits per heavy atom. The third-order valence-corrected chi connectivity index (χ3v) is 4.45. The zero-order valence-corrected chi connectivity index (χ0v) is 12.0. The first kappa shape index (κ1) is 14.3. The Balaban J connectivity index is 1.50. The van der Waals surface area contributed by atoms with Gasteiger partial charge in [0.15, 0.2) is 0 Å². The van der Waals surface area contributed by atoms with Gasteiger partial charge in [-0.2, -0.15) is 0 Å². The Hall–Kier alpha value is -1.62. The van der Waals surface area contributed by atoms with Crippen molar-refractivity contribution in [2.75, 3.05) is 19.8 Å². The summed E-state index contributed by atoms with van der Waals surface area (Å²) < 4.78 is 18.3. The number of halogens is 1. The van der Waals surface area contributed by atoms with Crippen molar-refractivity contribution in [3.05, 3.63) is 35.6 Å². The topological polar surface area (TPSA) is 50.4 Å². The predicted molar refractivity (Wildman–Crippen MR) is 77.7 cm³/mol. The van der Waals surface area contributed by atoms with Gasteiger partial charge >= 0.3 is 6.03 Å². The Kier molecular flexibility index (Phi) is 4.10. The second kappa shape index (κ2) is 6.02. The summed E-state index contributed by atoms with van der Waals surface area (Å²) in [7, 11) is 0. The molecule has 1 aromatic rings. The van der Waals surface area contributed by atoms with Gasteiger partial charge < -0.3 is 15.4 Å². The maximum absolute atomic E-state index is 13.0. The van der Waals surface area contributed by atoms with E-state index in [0.29, 0.717) is 19.8 Å². The minimum Gasteiger partial charge on any atom is -0.381 e. The molecule has 1 aliphatic carbocycles. The molecule has 1 aliphatic heterocycles. The summed E-state index contributed by atoms with van der Waals surface area (Å²) >= 11 is 0. The molecule has 1 heterocycles. The van der Waals surface area contributed by atoms with Gasteiger partial charge in [0, 0.05) is 31.2 Å². The average molecular weight is 292 g/mol. The largest absolute Gasteiger partial charge is 0.381 e. The van der Waals surface area contributed by atoms with Crippen LogP contribution in [0.5, 0.6) is 0 Å². The number of rotatable bonds is 4. The minimum atomic E-state index is -0.222. The van der Waals surface area contributed by atoms with Gasteiger partial charge in [-0.25, -0.2) is 9.18 Å². The molecule has 21 heavy (non-hydrogen) atoms. The summed E-state index contributed by atoms with van der Waals surface area (Å²) in [6, 6.07) is 6.70. The average Bonchev–Trinajstić information content (AvgIpc) is 3.28. The summed E-state index contributed by atoms with van der Waals surface area (Å²) in [5.41, 5.74) is 1.11. The summed E-state index contributed by atoms with van der Waals surface area (Å²) in [6.45, 7) is 2.03. The number of hydrogen-bond acceptors (Lipinski definition) is 2. The highest BCUT2D eigenvalue weighted by atomic mass is 19.1. The van der Waals surface area contributed by atoms with Crippen molar-refractivity contribution in [3.8, 4) is 0 Å². The number of nitrogens with one attached hydrogen (secondary N) is 2. The van der Waals surface area contributed by atoms with Gasteiger partial charge in [-0.05, 0) is 43.4 Å². The van der Waals surface area contributed by atoms with Crippen molar-refractivity contribution in [3.63, 3.8) is 0 Å². The molecular formula is C16H21FN2O2. The van der Waals surface area contributed by atoms with Gasteiger partial charge in [-0.3, -0.25) is 0 Å². The molecule has 0 spiro atoms. The van der Waals surface area contributed by atoms with E-state index in [1.54, 1.807) is 0 Å².